The van der Waals surface area contributed by atoms with Crippen LogP contribution in [0.5, 0.6) is 0 Å². The SMILES string of the molecule is O=[N+]([O-])O[Si](=O)O[N+](=O)[O-]. The van der Waals surface area contributed by atoms with Crippen molar-refractivity contribution in [1.29, 1.82) is 0 Å². The van der Waals surface area contributed by atoms with Crippen LogP contribution in [0.3, 0.4) is 0 Å². The molecule has 0 aromatic heterocycles. The van der Waals surface area contributed by atoms with Crippen LogP contribution in [0.25, 0.3) is 0 Å². The van der Waals surface area contributed by atoms with Crippen molar-refractivity contribution in [2.45, 2.75) is 0 Å². The third-order valence-electron chi connectivity index (χ3n) is 0.298. The summed E-state index contributed by atoms with van der Waals surface area (Å²) in [4.78, 5) is 18.6. The Morgan fingerprint density at radius 2 is 1.40 bits per heavy atom. The molecule has 10 heteroatoms. The molecule has 0 aliphatic heterocycles. The Hall–Kier alpha value is -1.58. The summed E-state index contributed by atoms with van der Waals surface area (Å²) in [5.74, 6) is 0. The lowest BCUT2D eigenvalue weighted by Crippen LogP contribution is -2.19. The lowest BCUT2D eigenvalue weighted by molar-refractivity contribution is -0.760. The standard InChI is InChI=1S/N2O7Si/c3-1(4)8-10(7)9-2(5)6. The average molecular weight is 168 g/mol. The van der Waals surface area contributed by atoms with E-state index < -0.39 is 19.3 Å². The lowest BCUT2D eigenvalue weighted by atomic mass is 13.1. The molecule has 0 fully saturated rings. The summed E-state index contributed by atoms with van der Waals surface area (Å²) in [7, 11) is -3.64. The molecule has 0 aromatic carbocycles. The van der Waals surface area contributed by atoms with E-state index in [-0.39, 0.29) is 0 Å². The largest absolute Gasteiger partial charge is 0.684 e. The van der Waals surface area contributed by atoms with Crippen molar-refractivity contribution in [1.82, 2.24) is 0 Å². The Labute approximate surface area is 54.3 Å². The highest BCUT2D eigenvalue weighted by atomic mass is 28.3. The Kier molecular flexibility index (Phi) is 2.90. The van der Waals surface area contributed by atoms with Gasteiger partial charge >= 0.3 is 9.17 Å². The molecule has 0 aliphatic rings. The van der Waals surface area contributed by atoms with Crippen molar-refractivity contribution < 1.29 is 23.7 Å². The smallest absolute Gasteiger partial charge is 0.319 e. The molecule has 0 bridgehead atoms. The predicted octanol–water partition coefficient (Wildman–Crippen LogP) is -1.18. The lowest BCUT2D eigenvalue weighted by Gasteiger charge is -1.89. The van der Waals surface area contributed by atoms with Crippen molar-refractivity contribution in [3.05, 3.63) is 20.2 Å². The van der Waals surface area contributed by atoms with Gasteiger partial charge in [-0.05, 0) is 0 Å². The van der Waals surface area contributed by atoms with Crippen LogP contribution >= 0.6 is 0 Å². The molecule has 0 aliphatic carbocycles. The van der Waals surface area contributed by atoms with Crippen LogP contribution < -0.4 is 0 Å². The van der Waals surface area contributed by atoms with Gasteiger partial charge in [-0.15, -0.1) is 20.2 Å². The minimum absolute atomic E-state index is 1.44. The maximum absolute atomic E-state index is 9.92. The first-order valence-corrected chi connectivity index (χ1v) is 2.93. The van der Waals surface area contributed by atoms with Crippen molar-refractivity contribution in [3.63, 3.8) is 0 Å². The Morgan fingerprint density at radius 1 is 1.10 bits per heavy atom. The number of nitrogens with zero attached hydrogens (tertiary/aromatic N) is 2. The molecule has 10 heavy (non-hydrogen) atoms. The van der Waals surface area contributed by atoms with Gasteiger partial charge in [0.1, 0.15) is 0 Å². The molecular formula is N2O7Si. The van der Waals surface area contributed by atoms with Gasteiger partial charge in [-0.1, -0.05) is 0 Å². The molecule has 0 amide bonds. The van der Waals surface area contributed by atoms with Crippen molar-refractivity contribution in [2.75, 3.05) is 0 Å². The second-order valence-corrected chi connectivity index (χ2v) is 1.74. The molecule has 0 saturated heterocycles. The molecule has 0 heterocycles. The van der Waals surface area contributed by atoms with Crippen molar-refractivity contribution >= 4 is 9.17 Å². The first-order chi connectivity index (χ1) is 4.52. The summed E-state index contributed by atoms with van der Waals surface area (Å²) in [6.45, 7) is 0. The van der Waals surface area contributed by atoms with Crippen LogP contribution in [-0.4, -0.2) is 19.3 Å². The Morgan fingerprint density at radius 3 is 1.60 bits per heavy atom. The molecule has 0 unspecified atom stereocenters. The molecule has 0 atom stereocenters. The maximum atomic E-state index is 9.92. The van der Waals surface area contributed by atoms with E-state index in [1.807, 2.05) is 0 Å². The maximum Gasteiger partial charge on any atom is 0.684 e. The minimum Gasteiger partial charge on any atom is -0.319 e. The fourth-order valence-electron chi connectivity index (χ4n) is 0.138. The van der Waals surface area contributed by atoms with Gasteiger partial charge in [-0.2, -0.15) is 0 Å². The van der Waals surface area contributed by atoms with Crippen molar-refractivity contribution in [2.24, 2.45) is 0 Å². The monoisotopic (exact) mass is 168 g/mol. The van der Waals surface area contributed by atoms with E-state index in [0.717, 1.165) is 0 Å². The van der Waals surface area contributed by atoms with Gasteiger partial charge in [0.2, 0.25) is 0 Å². The van der Waals surface area contributed by atoms with Gasteiger partial charge in [0.25, 0.3) is 10.2 Å². The molecule has 56 valence electrons. The fraction of sp³-hybridized carbons (Fsp3) is 0. The summed E-state index contributed by atoms with van der Waals surface area (Å²) < 4.78 is 16.3. The average Bonchev–Trinajstić information content (AvgIpc) is 1.58. The highest BCUT2D eigenvalue weighted by Gasteiger charge is 2.16. The van der Waals surface area contributed by atoms with E-state index in [2.05, 4.69) is 9.05 Å². The van der Waals surface area contributed by atoms with E-state index in [9.17, 15) is 24.7 Å². The fourth-order valence-corrected chi connectivity index (χ4v) is 0.415. The quantitative estimate of drug-likeness (QED) is 0.294. The van der Waals surface area contributed by atoms with E-state index in [4.69, 9.17) is 0 Å². The van der Waals surface area contributed by atoms with Crippen LogP contribution in [0.15, 0.2) is 0 Å². The van der Waals surface area contributed by atoms with E-state index >= 15 is 0 Å². The molecule has 0 aromatic rings. The second-order valence-electron chi connectivity index (χ2n) is 0.880. The van der Waals surface area contributed by atoms with E-state index in [1.165, 1.54) is 0 Å². The molecule has 0 N–H and O–H groups in total. The second kappa shape index (κ2) is 3.44. The third kappa shape index (κ3) is 4.57. The normalized spacial score (nSPS) is 8.00. The first-order valence-electron chi connectivity index (χ1n) is 1.71. The molecule has 0 rings (SSSR count). The molecule has 0 spiro atoms. The zero-order valence-electron chi connectivity index (χ0n) is 4.25. The third-order valence-corrected chi connectivity index (χ3v) is 0.894. The van der Waals surface area contributed by atoms with Gasteiger partial charge < -0.3 is 4.46 Å². The highest BCUT2D eigenvalue weighted by molar-refractivity contribution is 6.25. The summed E-state index contributed by atoms with van der Waals surface area (Å²) in [6, 6.07) is 0. The zero-order chi connectivity index (χ0) is 8.15. The summed E-state index contributed by atoms with van der Waals surface area (Å²) in [6.07, 6.45) is 0. The Balaban J connectivity index is 3.65. The van der Waals surface area contributed by atoms with Gasteiger partial charge in [0, 0.05) is 0 Å². The molecule has 0 saturated carbocycles. The van der Waals surface area contributed by atoms with Crippen LogP contribution in [0.2, 0.25) is 0 Å². The predicted molar refractivity (Wildman–Crippen MR) is 22.6 cm³/mol. The van der Waals surface area contributed by atoms with Gasteiger partial charge in [-0.25, -0.2) is 0 Å². The van der Waals surface area contributed by atoms with Gasteiger partial charge in [0.15, 0.2) is 0 Å². The van der Waals surface area contributed by atoms with Crippen molar-refractivity contribution in [3.8, 4) is 0 Å². The van der Waals surface area contributed by atoms with E-state index in [1.54, 1.807) is 0 Å². The van der Waals surface area contributed by atoms with Crippen LogP contribution in [-0.2, 0) is 13.5 Å². The van der Waals surface area contributed by atoms with Crippen LogP contribution in [0.1, 0.15) is 0 Å². The zero-order valence-corrected chi connectivity index (χ0v) is 5.25. The molecule has 9 nitrogen and oxygen atoms in total. The van der Waals surface area contributed by atoms with Gasteiger partial charge in [-0.3, -0.25) is 9.05 Å². The number of rotatable bonds is 4. The topological polar surface area (TPSA) is 122 Å². The molecular weight excluding hydrogens is 168 g/mol. The Bertz CT molecular complexity index is 154. The van der Waals surface area contributed by atoms with Crippen LogP contribution in [0, 0.1) is 20.2 Å². The number of hydrogen-bond donors (Lipinski definition) is 0. The number of hydrogen-bond acceptors (Lipinski definition) is 7. The highest BCUT2D eigenvalue weighted by Crippen LogP contribution is 1.78. The first kappa shape index (κ1) is 8.42. The molecule has 0 radical (unpaired) electrons. The van der Waals surface area contributed by atoms with E-state index in [0.29, 0.717) is 0 Å². The summed E-state index contributed by atoms with van der Waals surface area (Å²) in [5, 5.41) is 15.7. The van der Waals surface area contributed by atoms with Crippen LogP contribution in [0.4, 0.5) is 0 Å². The summed E-state index contributed by atoms with van der Waals surface area (Å²) >= 11 is 0. The minimum atomic E-state index is -3.64. The summed E-state index contributed by atoms with van der Waals surface area (Å²) in [5.41, 5.74) is 0. The van der Waals surface area contributed by atoms with Gasteiger partial charge in [0.05, 0.1) is 0 Å².